The van der Waals surface area contributed by atoms with Crippen LogP contribution in [-0.4, -0.2) is 61.6 Å². The van der Waals surface area contributed by atoms with Gasteiger partial charge in [0.25, 0.3) is 5.91 Å². The maximum Gasteiger partial charge on any atom is 0.303 e. The summed E-state index contributed by atoms with van der Waals surface area (Å²) >= 11 is 0. The van der Waals surface area contributed by atoms with Crippen LogP contribution in [0.1, 0.15) is 41.7 Å². The van der Waals surface area contributed by atoms with Crippen LogP contribution in [0, 0.1) is 5.82 Å². The largest absolute Gasteiger partial charge is 0.486 e. The van der Waals surface area contributed by atoms with E-state index >= 15 is 0 Å². The average molecular weight is 504 g/mol. The van der Waals surface area contributed by atoms with E-state index in [1.54, 1.807) is 19.2 Å². The lowest BCUT2D eigenvalue weighted by molar-refractivity contribution is 0.0981. The molecule has 2 aromatic heterocycles. The number of nitrogens with zero attached hydrogens (tertiary/aromatic N) is 4. The fraction of sp³-hybridized carbons (Fsp3) is 0.391. The van der Waals surface area contributed by atoms with Crippen molar-refractivity contribution in [3.05, 3.63) is 53.6 Å². The summed E-state index contributed by atoms with van der Waals surface area (Å²) in [6.07, 6.45) is 4.78. The second-order valence-corrected chi connectivity index (χ2v) is 10.3. The molecule has 5 rings (SSSR count). The minimum absolute atomic E-state index is 0.0958. The number of fused-ring (bicyclic) bond motifs is 2. The van der Waals surface area contributed by atoms with Crippen molar-refractivity contribution in [3.8, 4) is 11.5 Å². The highest BCUT2D eigenvalue weighted by Gasteiger charge is 2.30. The molecule has 12 heteroatoms. The zero-order chi connectivity index (χ0) is 24.7. The fourth-order valence-corrected chi connectivity index (χ4v) is 5.33. The average Bonchev–Trinajstić information content (AvgIpc) is 3.50. The van der Waals surface area contributed by atoms with E-state index in [0.717, 1.165) is 34.9 Å². The third-order valence-corrected chi connectivity index (χ3v) is 7.94. The molecule has 4 heterocycles. The van der Waals surface area contributed by atoms with E-state index < -0.39 is 21.9 Å². The van der Waals surface area contributed by atoms with Gasteiger partial charge in [-0.2, -0.15) is 17.8 Å². The van der Waals surface area contributed by atoms with Crippen molar-refractivity contribution in [2.75, 3.05) is 38.3 Å². The summed E-state index contributed by atoms with van der Waals surface area (Å²) in [6.45, 7) is 3.32. The number of rotatable bonds is 6. The molecule has 1 amide bonds. The van der Waals surface area contributed by atoms with Crippen molar-refractivity contribution in [2.45, 2.75) is 25.8 Å². The monoisotopic (exact) mass is 503 g/mol. The number of hydrogen-bond acceptors (Lipinski definition) is 7. The molecular formula is C23H26FN5O5S. The molecule has 1 unspecified atom stereocenters. The van der Waals surface area contributed by atoms with Gasteiger partial charge in [0, 0.05) is 32.0 Å². The number of aromatic nitrogens is 2. The minimum atomic E-state index is -3.96. The Morgan fingerprint density at radius 2 is 2.09 bits per heavy atom. The SMILES string of the molecule is CCN(C)S(=O)(=O)NC(=O)c1cnn2ccc(N3CCCC3c3cc(F)c4c(c3)OCCO4)cc12. The molecule has 0 bridgehead atoms. The number of carbonyl (C=O) groups is 1. The summed E-state index contributed by atoms with van der Waals surface area (Å²) < 4.78 is 55.0. The number of amides is 1. The Balaban J connectivity index is 1.46. The maximum atomic E-state index is 14.7. The molecule has 35 heavy (non-hydrogen) atoms. The first-order valence-electron chi connectivity index (χ1n) is 11.4. The maximum absolute atomic E-state index is 14.7. The summed E-state index contributed by atoms with van der Waals surface area (Å²) in [4.78, 5) is 14.9. The standard InChI is InChI=1S/C23H26FN5O5S/c1-3-27(2)35(31,32)26-23(30)17-14-25-29-8-6-16(13-20(17)29)28-7-4-5-19(28)15-11-18(24)22-21(12-15)33-9-10-34-22/h6,8,11-14,19H,3-5,7,9-10H2,1-2H3,(H,26,30). The zero-order valence-corrected chi connectivity index (χ0v) is 20.2. The van der Waals surface area contributed by atoms with Crippen LogP contribution in [0.15, 0.2) is 36.7 Å². The topological polar surface area (TPSA) is 105 Å². The fourth-order valence-electron chi connectivity index (χ4n) is 4.49. The van der Waals surface area contributed by atoms with Gasteiger partial charge in [-0.25, -0.2) is 13.6 Å². The predicted octanol–water partition coefficient (Wildman–Crippen LogP) is 2.51. The molecule has 0 spiro atoms. The third-order valence-electron chi connectivity index (χ3n) is 6.42. The molecular weight excluding hydrogens is 477 g/mol. The molecule has 2 aliphatic heterocycles. The van der Waals surface area contributed by atoms with Crippen LogP contribution in [-0.2, 0) is 10.2 Å². The molecule has 10 nitrogen and oxygen atoms in total. The smallest absolute Gasteiger partial charge is 0.303 e. The van der Waals surface area contributed by atoms with Gasteiger partial charge in [-0.05, 0) is 42.7 Å². The Morgan fingerprint density at radius 1 is 1.29 bits per heavy atom. The Kier molecular flexibility index (Phi) is 6.01. The second-order valence-electron chi connectivity index (χ2n) is 8.50. The second kappa shape index (κ2) is 9.00. The molecule has 1 N–H and O–H groups in total. The number of hydrogen-bond donors (Lipinski definition) is 1. The summed E-state index contributed by atoms with van der Waals surface area (Å²) in [6, 6.07) is 6.88. The van der Waals surface area contributed by atoms with Gasteiger partial charge in [0.1, 0.15) is 13.2 Å². The lowest BCUT2D eigenvalue weighted by atomic mass is 10.0. The van der Waals surface area contributed by atoms with Crippen molar-refractivity contribution in [1.29, 1.82) is 0 Å². The van der Waals surface area contributed by atoms with Gasteiger partial charge in [-0.3, -0.25) is 4.79 Å². The Labute approximate surface area is 202 Å². The van der Waals surface area contributed by atoms with Crippen LogP contribution >= 0.6 is 0 Å². The van der Waals surface area contributed by atoms with E-state index in [1.807, 2.05) is 12.1 Å². The van der Waals surface area contributed by atoms with E-state index in [-0.39, 0.29) is 23.9 Å². The molecule has 1 fully saturated rings. The number of nitrogens with one attached hydrogen (secondary N) is 1. The van der Waals surface area contributed by atoms with Crippen molar-refractivity contribution in [2.24, 2.45) is 0 Å². The van der Waals surface area contributed by atoms with Crippen LogP contribution in [0.4, 0.5) is 10.1 Å². The van der Waals surface area contributed by atoms with Gasteiger partial charge < -0.3 is 14.4 Å². The molecule has 0 saturated carbocycles. The number of carbonyl (C=O) groups excluding carboxylic acids is 1. The number of benzene rings is 1. The summed E-state index contributed by atoms with van der Waals surface area (Å²) in [5.74, 6) is -0.664. The highest BCUT2D eigenvalue weighted by Crippen LogP contribution is 2.41. The van der Waals surface area contributed by atoms with Crippen molar-refractivity contribution >= 4 is 27.3 Å². The number of anilines is 1. The number of ether oxygens (including phenoxy) is 2. The third kappa shape index (κ3) is 4.27. The van der Waals surface area contributed by atoms with Crippen LogP contribution in [0.5, 0.6) is 11.5 Å². The van der Waals surface area contributed by atoms with Gasteiger partial charge in [0.2, 0.25) is 0 Å². The molecule has 2 aliphatic rings. The molecule has 0 aliphatic carbocycles. The van der Waals surface area contributed by atoms with Crippen LogP contribution in [0.2, 0.25) is 0 Å². The van der Waals surface area contributed by atoms with Gasteiger partial charge in [-0.15, -0.1) is 0 Å². The molecule has 0 radical (unpaired) electrons. The van der Waals surface area contributed by atoms with Crippen LogP contribution < -0.4 is 19.1 Å². The zero-order valence-electron chi connectivity index (χ0n) is 19.4. The predicted molar refractivity (Wildman–Crippen MR) is 127 cm³/mol. The van der Waals surface area contributed by atoms with Crippen molar-refractivity contribution in [3.63, 3.8) is 0 Å². The van der Waals surface area contributed by atoms with Crippen LogP contribution in [0.25, 0.3) is 5.52 Å². The van der Waals surface area contributed by atoms with Gasteiger partial charge in [-0.1, -0.05) is 6.92 Å². The molecule has 1 saturated heterocycles. The molecule has 3 aromatic rings. The van der Waals surface area contributed by atoms with E-state index in [0.29, 0.717) is 24.5 Å². The van der Waals surface area contributed by atoms with Crippen molar-refractivity contribution < 1.29 is 27.1 Å². The molecule has 1 atom stereocenters. The number of halogens is 1. The van der Waals surface area contributed by atoms with E-state index in [2.05, 4.69) is 14.7 Å². The molecule has 186 valence electrons. The summed E-state index contributed by atoms with van der Waals surface area (Å²) in [7, 11) is -2.57. The first kappa shape index (κ1) is 23.4. The first-order chi connectivity index (χ1) is 16.8. The summed E-state index contributed by atoms with van der Waals surface area (Å²) in [5.41, 5.74) is 2.21. The molecule has 1 aromatic carbocycles. The lowest BCUT2D eigenvalue weighted by Gasteiger charge is -2.28. The Morgan fingerprint density at radius 3 is 2.89 bits per heavy atom. The lowest BCUT2D eigenvalue weighted by Crippen LogP contribution is -2.41. The van der Waals surface area contributed by atoms with Gasteiger partial charge in [0.15, 0.2) is 17.3 Å². The van der Waals surface area contributed by atoms with Gasteiger partial charge >= 0.3 is 10.2 Å². The van der Waals surface area contributed by atoms with Crippen molar-refractivity contribution in [1.82, 2.24) is 18.6 Å². The van der Waals surface area contributed by atoms with Gasteiger partial charge in [0.05, 0.1) is 23.3 Å². The highest BCUT2D eigenvalue weighted by atomic mass is 32.2. The Bertz CT molecular complexity index is 1390. The quantitative estimate of drug-likeness (QED) is 0.551. The first-order valence-corrected chi connectivity index (χ1v) is 12.8. The minimum Gasteiger partial charge on any atom is -0.486 e. The van der Waals surface area contributed by atoms with Crippen LogP contribution in [0.3, 0.4) is 0 Å². The number of pyridine rings is 1. The highest BCUT2D eigenvalue weighted by molar-refractivity contribution is 7.87. The summed E-state index contributed by atoms with van der Waals surface area (Å²) in [5, 5.41) is 4.19. The van der Waals surface area contributed by atoms with E-state index in [1.165, 1.54) is 23.8 Å². The van der Waals surface area contributed by atoms with E-state index in [4.69, 9.17) is 9.47 Å². The Hall–Kier alpha value is -3.38. The normalized spacial score (nSPS) is 17.8. The van der Waals surface area contributed by atoms with E-state index in [9.17, 15) is 17.6 Å².